The minimum Gasteiger partial charge on any atom is -0.328 e. The molecule has 2 N–H and O–H groups in total. The van der Waals surface area contributed by atoms with Crippen LogP contribution >= 0.6 is 11.3 Å². The maximum absolute atomic E-state index is 6.21. The Morgan fingerprint density at radius 3 is 2.50 bits per heavy atom. The van der Waals surface area contributed by atoms with Crippen LogP contribution in [0.4, 0.5) is 0 Å². The first-order valence-corrected chi connectivity index (χ1v) is 8.06. The van der Waals surface area contributed by atoms with E-state index in [1.54, 1.807) is 0 Å². The topological polar surface area (TPSA) is 29.3 Å². The molecule has 100 valence electrons. The van der Waals surface area contributed by atoms with E-state index in [1.165, 1.54) is 41.9 Å². The van der Waals surface area contributed by atoms with E-state index in [2.05, 4.69) is 30.9 Å². The summed E-state index contributed by atoms with van der Waals surface area (Å²) in [6.07, 6.45) is 6.49. The summed E-state index contributed by atoms with van der Waals surface area (Å²) in [6, 6.07) is 7.03. The number of rotatable bonds is 2. The Bertz CT molecular complexity index is 400. The van der Waals surface area contributed by atoms with Gasteiger partial charge in [-0.25, -0.2) is 0 Å². The molecule has 2 fully saturated rings. The molecule has 1 aromatic rings. The first-order chi connectivity index (χ1) is 8.65. The third-order valence-electron chi connectivity index (χ3n) is 4.69. The van der Waals surface area contributed by atoms with Crippen LogP contribution in [0.25, 0.3) is 0 Å². The molecule has 2 bridgehead atoms. The zero-order valence-electron chi connectivity index (χ0n) is 11.4. The lowest BCUT2D eigenvalue weighted by Gasteiger charge is -2.50. The van der Waals surface area contributed by atoms with Crippen molar-refractivity contribution in [1.82, 2.24) is 4.90 Å². The summed E-state index contributed by atoms with van der Waals surface area (Å²) in [7, 11) is 0. The SMILES string of the molecule is Cc1ccc(C(C)N2C3CCCC2CC(N)C3)s1. The molecule has 3 unspecified atom stereocenters. The van der Waals surface area contributed by atoms with Gasteiger partial charge in [0.05, 0.1) is 0 Å². The summed E-state index contributed by atoms with van der Waals surface area (Å²) >= 11 is 1.96. The summed E-state index contributed by atoms with van der Waals surface area (Å²) in [5.41, 5.74) is 6.21. The normalized spacial score (nSPS) is 34.5. The third-order valence-corrected chi connectivity index (χ3v) is 5.86. The molecule has 2 saturated heterocycles. The molecule has 2 nitrogen and oxygen atoms in total. The molecule has 0 radical (unpaired) electrons. The van der Waals surface area contributed by atoms with E-state index in [0.717, 1.165) is 12.1 Å². The van der Waals surface area contributed by atoms with Crippen LogP contribution in [-0.4, -0.2) is 23.0 Å². The molecule has 3 atom stereocenters. The number of nitrogens with two attached hydrogens (primary N) is 1. The van der Waals surface area contributed by atoms with Crippen molar-refractivity contribution in [3.8, 4) is 0 Å². The van der Waals surface area contributed by atoms with E-state index in [1.807, 2.05) is 11.3 Å². The lowest BCUT2D eigenvalue weighted by molar-refractivity contribution is 0.000581. The minimum absolute atomic E-state index is 0.439. The van der Waals surface area contributed by atoms with Crippen LogP contribution in [0.3, 0.4) is 0 Å². The van der Waals surface area contributed by atoms with Crippen LogP contribution in [0.5, 0.6) is 0 Å². The zero-order valence-corrected chi connectivity index (χ0v) is 12.2. The van der Waals surface area contributed by atoms with Gasteiger partial charge in [0.15, 0.2) is 0 Å². The van der Waals surface area contributed by atoms with Crippen molar-refractivity contribution in [1.29, 1.82) is 0 Å². The predicted molar refractivity (Wildman–Crippen MR) is 77.9 cm³/mol. The smallest absolute Gasteiger partial charge is 0.0419 e. The molecule has 1 aromatic heterocycles. The van der Waals surface area contributed by atoms with Crippen molar-refractivity contribution in [2.45, 2.75) is 70.1 Å². The summed E-state index contributed by atoms with van der Waals surface area (Å²) in [5.74, 6) is 0. The molecule has 0 aromatic carbocycles. The van der Waals surface area contributed by atoms with Gasteiger partial charge in [0, 0.05) is 33.9 Å². The van der Waals surface area contributed by atoms with Gasteiger partial charge < -0.3 is 5.73 Å². The van der Waals surface area contributed by atoms with Gasteiger partial charge in [-0.05, 0) is 51.7 Å². The molecule has 0 saturated carbocycles. The van der Waals surface area contributed by atoms with Gasteiger partial charge in [-0.1, -0.05) is 6.42 Å². The second-order valence-electron chi connectivity index (χ2n) is 6.04. The molecule has 2 aliphatic rings. The standard InChI is InChI=1S/C15H24N2S/c1-10-6-7-15(18-10)11(2)17-13-4-3-5-14(17)9-12(16)8-13/h6-7,11-14H,3-5,8-9,16H2,1-2H3. The van der Waals surface area contributed by atoms with Crippen molar-refractivity contribution in [2.24, 2.45) is 5.73 Å². The Morgan fingerprint density at radius 2 is 1.94 bits per heavy atom. The maximum Gasteiger partial charge on any atom is 0.0419 e. The third kappa shape index (κ3) is 2.24. The van der Waals surface area contributed by atoms with Gasteiger partial charge in [-0.2, -0.15) is 0 Å². The maximum atomic E-state index is 6.21. The quantitative estimate of drug-likeness (QED) is 0.886. The van der Waals surface area contributed by atoms with Gasteiger partial charge >= 0.3 is 0 Å². The van der Waals surface area contributed by atoms with Crippen molar-refractivity contribution in [2.75, 3.05) is 0 Å². The first-order valence-electron chi connectivity index (χ1n) is 7.24. The fourth-order valence-electron chi connectivity index (χ4n) is 3.92. The average Bonchev–Trinajstić information content (AvgIpc) is 2.74. The number of aryl methyl sites for hydroxylation is 1. The molecule has 3 heteroatoms. The lowest BCUT2D eigenvalue weighted by atomic mass is 9.81. The largest absolute Gasteiger partial charge is 0.328 e. The summed E-state index contributed by atoms with van der Waals surface area (Å²) < 4.78 is 0. The number of nitrogens with zero attached hydrogens (tertiary/aromatic N) is 1. The van der Waals surface area contributed by atoms with Gasteiger partial charge in [0.1, 0.15) is 0 Å². The summed E-state index contributed by atoms with van der Waals surface area (Å²) in [4.78, 5) is 5.73. The lowest BCUT2D eigenvalue weighted by Crippen LogP contribution is -2.55. The van der Waals surface area contributed by atoms with Crippen LogP contribution in [0.1, 0.15) is 54.8 Å². The Kier molecular flexibility index (Phi) is 3.48. The monoisotopic (exact) mass is 264 g/mol. The number of hydrogen-bond donors (Lipinski definition) is 1. The van der Waals surface area contributed by atoms with E-state index in [0.29, 0.717) is 12.1 Å². The van der Waals surface area contributed by atoms with Gasteiger partial charge in [-0.15, -0.1) is 11.3 Å². The Hall–Kier alpha value is -0.380. The second kappa shape index (κ2) is 4.95. The highest BCUT2D eigenvalue weighted by atomic mass is 32.1. The molecule has 0 spiro atoms. The highest BCUT2D eigenvalue weighted by Gasteiger charge is 2.39. The molecule has 0 aliphatic carbocycles. The molecule has 3 rings (SSSR count). The minimum atomic E-state index is 0.439. The number of hydrogen-bond acceptors (Lipinski definition) is 3. The van der Waals surface area contributed by atoms with Crippen LogP contribution in [0.2, 0.25) is 0 Å². The highest BCUT2D eigenvalue weighted by Crippen LogP contribution is 2.40. The molecule has 2 aliphatic heterocycles. The van der Waals surface area contributed by atoms with Crippen molar-refractivity contribution in [3.05, 3.63) is 21.9 Å². The fourth-order valence-corrected chi connectivity index (χ4v) is 4.85. The van der Waals surface area contributed by atoms with Crippen molar-refractivity contribution >= 4 is 11.3 Å². The summed E-state index contributed by atoms with van der Waals surface area (Å²) in [5, 5.41) is 0. The van der Waals surface area contributed by atoms with Crippen molar-refractivity contribution < 1.29 is 0 Å². The predicted octanol–water partition coefficient (Wildman–Crippen LogP) is 3.46. The van der Waals surface area contributed by atoms with E-state index < -0.39 is 0 Å². The molecular formula is C15H24N2S. The molecule has 3 heterocycles. The fraction of sp³-hybridized carbons (Fsp3) is 0.733. The van der Waals surface area contributed by atoms with Crippen LogP contribution in [-0.2, 0) is 0 Å². The molecule has 18 heavy (non-hydrogen) atoms. The molecular weight excluding hydrogens is 240 g/mol. The zero-order chi connectivity index (χ0) is 12.7. The number of piperidine rings is 2. The number of fused-ring (bicyclic) bond motifs is 2. The Balaban J connectivity index is 1.82. The van der Waals surface area contributed by atoms with E-state index in [4.69, 9.17) is 5.73 Å². The molecule has 0 amide bonds. The Labute approximate surface area is 114 Å². The average molecular weight is 264 g/mol. The van der Waals surface area contributed by atoms with Crippen LogP contribution in [0, 0.1) is 6.92 Å². The van der Waals surface area contributed by atoms with Gasteiger partial charge in [0.25, 0.3) is 0 Å². The van der Waals surface area contributed by atoms with E-state index >= 15 is 0 Å². The Morgan fingerprint density at radius 1 is 1.28 bits per heavy atom. The van der Waals surface area contributed by atoms with E-state index in [-0.39, 0.29) is 0 Å². The van der Waals surface area contributed by atoms with E-state index in [9.17, 15) is 0 Å². The first kappa shape index (κ1) is 12.6. The summed E-state index contributed by atoms with van der Waals surface area (Å²) in [6.45, 7) is 4.58. The van der Waals surface area contributed by atoms with Crippen LogP contribution in [0.15, 0.2) is 12.1 Å². The van der Waals surface area contributed by atoms with Crippen LogP contribution < -0.4 is 5.73 Å². The van der Waals surface area contributed by atoms with Gasteiger partial charge in [0.2, 0.25) is 0 Å². The highest BCUT2D eigenvalue weighted by molar-refractivity contribution is 7.12. The van der Waals surface area contributed by atoms with Gasteiger partial charge in [-0.3, -0.25) is 4.90 Å². The second-order valence-corrected chi connectivity index (χ2v) is 7.36. The van der Waals surface area contributed by atoms with Crippen molar-refractivity contribution in [3.63, 3.8) is 0 Å². The number of thiophene rings is 1.